The second-order valence-electron chi connectivity index (χ2n) is 8.12. The van der Waals surface area contributed by atoms with Gasteiger partial charge in [0.1, 0.15) is 5.71 Å². The fourth-order valence-electron chi connectivity index (χ4n) is 2.54. The number of para-hydroxylation sites is 1. The Morgan fingerprint density at radius 3 is 2.52 bits per heavy atom. The molecule has 0 aliphatic rings. The van der Waals surface area contributed by atoms with Gasteiger partial charge in [0.05, 0.1) is 28.2 Å². The third-order valence-corrected chi connectivity index (χ3v) is 5.62. The Bertz CT molecular complexity index is 1170. The highest BCUT2D eigenvalue weighted by Gasteiger charge is 2.21. The lowest BCUT2D eigenvalue weighted by atomic mass is 10.1. The van der Waals surface area contributed by atoms with E-state index in [1.165, 1.54) is 23.6 Å². The van der Waals surface area contributed by atoms with E-state index in [-0.39, 0.29) is 17.9 Å². The van der Waals surface area contributed by atoms with Gasteiger partial charge in [0.25, 0.3) is 5.91 Å². The zero-order valence-electron chi connectivity index (χ0n) is 18.3. The Labute approximate surface area is 206 Å². The van der Waals surface area contributed by atoms with Crippen molar-refractivity contribution >= 4 is 68.4 Å². The number of carbonyl (C=O) groups excluding carboxylic acids is 2. The van der Waals surface area contributed by atoms with Crippen molar-refractivity contribution < 1.29 is 9.59 Å². The highest BCUT2D eigenvalue weighted by molar-refractivity contribution is 7.17. The number of nitrogens with zero attached hydrogens (tertiary/aromatic N) is 2. The number of hydrogen-bond donors (Lipinski definition) is 3. The van der Waals surface area contributed by atoms with Crippen LogP contribution in [0.3, 0.4) is 0 Å². The number of amides is 1. The highest BCUT2D eigenvalue weighted by Crippen LogP contribution is 2.26. The fourth-order valence-corrected chi connectivity index (χ4v) is 3.65. The first kappa shape index (κ1) is 24.7. The molecule has 0 atom stereocenters. The van der Waals surface area contributed by atoms with E-state index in [0.29, 0.717) is 25.7 Å². The van der Waals surface area contributed by atoms with E-state index in [9.17, 15) is 9.59 Å². The quantitative estimate of drug-likeness (QED) is 0.194. The molecule has 172 valence electrons. The van der Waals surface area contributed by atoms with Crippen LogP contribution in [0, 0.1) is 0 Å². The minimum absolute atomic E-state index is 0.0111. The largest absolute Gasteiger partial charge is 0.332 e. The molecule has 3 N–H and O–H groups in total. The summed E-state index contributed by atoms with van der Waals surface area (Å²) < 4.78 is 0. The van der Waals surface area contributed by atoms with Gasteiger partial charge in [-0.1, -0.05) is 52.7 Å². The fraction of sp³-hybridized carbons (Fsp3) is 0.217. The predicted octanol–water partition coefficient (Wildman–Crippen LogP) is 6.15. The van der Waals surface area contributed by atoms with Crippen LogP contribution < -0.4 is 16.1 Å². The van der Waals surface area contributed by atoms with Crippen molar-refractivity contribution in [3.05, 3.63) is 69.7 Å². The van der Waals surface area contributed by atoms with Crippen LogP contribution in [0.2, 0.25) is 10.0 Å². The number of rotatable bonds is 8. The van der Waals surface area contributed by atoms with Gasteiger partial charge in [-0.25, -0.2) is 4.98 Å². The van der Waals surface area contributed by atoms with E-state index < -0.39 is 11.4 Å². The zero-order valence-corrected chi connectivity index (χ0v) is 20.6. The molecule has 0 saturated carbocycles. The number of anilines is 3. The molecule has 3 aromatic rings. The Morgan fingerprint density at radius 1 is 1.09 bits per heavy atom. The summed E-state index contributed by atoms with van der Waals surface area (Å²) in [6.07, 6.45) is 1.26. The molecule has 0 aliphatic carbocycles. The van der Waals surface area contributed by atoms with Crippen LogP contribution in [0.4, 0.5) is 16.5 Å². The van der Waals surface area contributed by atoms with Crippen molar-refractivity contribution in [3.63, 3.8) is 0 Å². The summed E-state index contributed by atoms with van der Waals surface area (Å²) in [7, 11) is 0. The van der Waals surface area contributed by atoms with Crippen LogP contribution in [0.25, 0.3) is 0 Å². The maximum absolute atomic E-state index is 12.9. The summed E-state index contributed by atoms with van der Waals surface area (Å²) in [5.41, 5.74) is 3.70. The van der Waals surface area contributed by atoms with E-state index in [1.54, 1.807) is 12.1 Å². The van der Waals surface area contributed by atoms with E-state index in [0.717, 1.165) is 5.69 Å². The molecule has 0 fully saturated rings. The molecule has 0 bridgehead atoms. The van der Waals surface area contributed by atoms with E-state index in [4.69, 9.17) is 23.2 Å². The molecule has 1 amide bonds. The maximum atomic E-state index is 12.9. The van der Waals surface area contributed by atoms with E-state index in [1.807, 2.05) is 51.1 Å². The summed E-state index contributed by atoms with van der Waals surface area (Å²) in [6.45, 7) is 5.69. The second-order valence-corrected chi connectivity index (χ2v) is 9.99. The Morgan fingerprint density at radius 2 is 1.82 bits per heavy atom. The molecule has 0 radical (unpaired) electrons. The summed E-state index contributed by atoms with van der Waals surface area (Å²) in [6, 6.07) is 14.2. The Balaban J connectivity index is 1.76. The zero-order chi connectivity index (χ0) is 24.0. The SMILES string of the molecule is CC(C)(C)N/N=C(\CC(=O)c1cnc(Nc2ccccc2)s1)C(=O)Nc1cc(Cl)ccc1Cl. The van der Waals surface area contributed by atoms with Crippen molar-refractivity contribution in [2.75, 3.05) is 10.6 Å². The molecule has 2 aromatic carbocycles. The molecule has 33 heavy (non-hydrogen) atoms. The highest BCUT2D eigenvalue weighted by atomic mass is 35.5. The van der Waals surface area contributed by atoms with Crippen molar-refractivity contribution in [1.82, 2.24) is 10.4 Å². The molecule has 3 rings (SSSR count). The average molecular weight is 504 g/mol. The van der Waals surface area contributed by atoms with Gasteiger partial charge in [0.2, 0.25) is 0 Å². The molecule has 10 heteroatoms. The van der Waals surface area contributed by atoms with Crippen LogP contribution in [0.1, 0.15) is 36.9 Å². The molecule has 0 saturated heterocycles. The number of nitrogens with one attached hydrogen (secondary N) is 3. The van der Waals surface area contributed by atoms with Crippen LogP contribution in [-0.2, 0) is 4.79 Å². The van der Waals surface area contributed by atoms with Crippen LogP contribution in [-0.4, -0.2) is 27.9 Å². The number of hydrogen-bond acceptors (Lipinski definition) is 7. The van der Waals surface area contributed by atoms with Crippen molar-refractivity contribution in [1.29, 1.82) is 0 Å². The third-order valence-electron chi connectivity index (χ3n) is 4.10. The minimum Gasteiger partial charge on any atom is -0.332 e. The number of thiazole rings is 1. The first-order valence-corrected chi connectivity index (χ1v) is 11.6. The van der Waals surface area contributed by atoms with Crippen molar-refractivity contribution in [3.8, 4) is 0 Å². The van der Waals surface area contributed by atoms with Crippen LogP contribution >= 0.6 is 34.5 Å². The summed E-state index contributed by atoms with van der Waals surface area (Å²) >= 11 is 13.4. The Kier molecular flexibility index (Phi) is 8.07. The first-order valence-electron chi connectivity index (χ1n) is 10.0. The summed E-state index contributed by atoms with van der Waals surface area (Å²) in [4.78, 5) is 30.5. The number of aromatic nitrogens is 1. The van der Waals surface area contributed by atoms with Gasteiger partial charge < -0.3 is 16.1 Å². The van der Waals surface area contributed by atoms with Crippen molar-refractivity contribution in [2.45, 2.75) is 32.7 Å². The molecular formula is C23H23Cl2N5O2S. The molecule has 1 aromatic heterocycles. The lowest BCUT2D eigenvalue weighted by Gasteiger charge is -2.19. The average Bonchev–Trinajstić information content (AvgIpc) is 3.22. The smallest absolute Gasteiger partial charge is 0.272 e. The number of Topliss-reactive ketones (excluding diaryl/α,β-unsaturated/α-hetero) is 1. The monoisotopic (exact) mass is 503 g/mol. The van der Waals surface area contributed by atoms with E-state index >= 15 is 0 Å². The number of halogens is 2. The molecule has 0 spiro atoms. The number of ketones is 1. The van der Waals surface area contributed by atoms with Gasteiger partial charge in [-0.3, -0.25) is 9.59 Å². The van der Waals surface area contributed by atoms with E-state index in [2.05, 4.69) is 26.1 Å². The van der Waals surface area contributed by atoms with Gasteiger partial charge in [-0.05, 0) is 51.1 Å². The van der Waals surface area contributed by atoms with Gasteiger partial charge in [0.15, 0.2) is 10.9 Å². The standard InChI is InChI=1S/C23H23Cl2N5O2S/c1-23(2,3)30-29-18(21(32)28-17-11-14(24)9-10-16(17)25)12-19(31)20-13-26-22(33-20)27-15-7-5-4-6-8-15/h4-11,13,30H,12H2,1-3H3,(H,26,27)(H,28,32)/b29-18+. The molecule has 1 heterocycles. The topological polar surface area (TPSA) is 95.5 Å². The summed E-state index contributed by atoms with van der Waals surface area (Å²) in [5.74, 6) is -0.841. The first-order chi connectivity index (χ1) is 15.6. The number of carbonyl (C=O) groups is 2. The summed E-state index contributed by atoms with van der Waals surface area (Å²) in [5, 5.41) is 11.4. The molecule has 0 unspecified atom stereocenters. The predicted molar refractivity (Wildman–Crippen MR) is 136 cm³/mol. The van der Waals surface area contributed by atoms with Gasteiger partial charge in [-0.15, -0.1) is 0 Å². The molecule has 7 nitrogen and oxygen atoms in total. The van der Waals surface area contributed by atoms with Crippen LogP contribution in [0.5, 0.6) is 0 Å². The minimum atomic E-state index is -0.559. The van der Waals surface area contributed by atoms with Gasteiger partial charge in [-0.2, -0.15) is 5.10 Å². The lowest BCUT2D eigenvalue weighted by Crippen LogP contribution is -2.35. The van der Waals surface area contributed by atoms with Crippen molar-refractivity contribution in [2.24, 2.45) is 5.10 Å². The van der Waals surface area contributed by atoms with Gasteiger partial charge in [0, 0.05) is 16.2 Å². The molecular weight excluding hydrogens is 481 g/mol. The maximum Gasteiger partial charge on any atom is 0.272 e. The van der Waals surface area contributed by atoms with Crippen LogP contribution in [0.15, 0.2) is 59.8 Å². The Hall–Kier alpha value is -2.94. The number of hydrazone groups is 1. The van der Waals surface area contributed by atoms with Gasteiger partial charge >= 0.3 is 0 Å². The molecule has 0 aliphatic heterocycles. The second kappa shape index (κ2) is 10.8. The number of benzene rings is 2. The lowest BCUT2D eigenvalue weighted by molar-refractivity contribution is -0.110. The normalized spacial score (nSPS) is 11.7. The third kappa shape index (κ3) is 7.56.